The quantitative estimate of drug-likeness (QED) is 0.555. The second-order valence-corrected chi connectivity index (χ2v) is 8.51. The van der Waals surface area contributed by atoms with Crippen LogP contribution in [0.2, 0.25) is 0 Å². The average molecular weight is 439 g/mol. The predicted molar refractivity (Wildman–Crippen MR) is 122 cm³/mol. The summed E-state index contributed by atoms with van der Waals surface area (Å²) in [6.45, 7) is 3.36. The number of hydrogen-bond acceptors (Lipinski definition) is 6. The zero-order valence-corrected chi connectivity index (χ0v) is 19.0. The molecule has 7 heteroatoms. The number of carbonyl (C=O) groups is 1. The van der Waals surface area contributed by atoms with Gasteiger partial charge >= 0.3 is 0 Å². The fraction of sp³-hybridized carbons (Fsp3) is 0.333. The summed E-state index contributed by atoms with van der Waals surface area (Å²) in [5.41, 5.74) is 2.90. The van der Waals surface area contributed by atoms with Crippen LogP contribution in [0.1, 0.15) is 33.3 Å². The second kappa shape index (κ2) is 8.98. The predicted octanol–water partition coefficient (Wildman–Crippen LogP) is 4.77. The number of amides is 1. The second-order valence-electron chi connectivity index (χ2n) is 7.51. The van der Waals surface area contributed by atoms with Crippen LogP contribution in [0.15, 0.2) is 42.5 Å². The molecule has 0 N–H and O–H groups in total. The van der Waals surface area contributed by atoms with E-state index in [-0.39, 0.29) is 5.91 Å². The standard InChI is InChI=1S/C24H26N2O4S/c1-15-22(31-23(25-15)17-7-10-20(29-3)21(13-17)30-4)24(27)26-12-11-18(14-26)16-5-8-19(28-2)9-6-16/h5-10,13,18H,11-12,14H2,1-4H3. The van der Waals surface area contributed by atoms with Crippen molar-refractivity contribution in [1.29, 1.82) is 0 Å². The summed E-state index contributed by atoms with van der Waals surface area (Å²) in [7, 11) is 4.88. The number of nitrogens with zero attached hydrogens (tertiary/aromatic N) is 2. The number of aromatic nitrogens is 1. The molecule has 0 saturated carbocycles. The summed E-state index contributed by atoms with van der Waals surface area (Å²) in [5, 5.41) is 0.799. The number of methoxy groups -OCH3 is 3. The van der Waals surface area contributed by atoms with Crippen LogP contribution in [-0.4, -0.2) is 50.2 Å². The maximum Gasteiger partial charge on any atom is 0.265 e. The van der Waals surface area contributed by atoms with Crippen LogP contribution in [0.3, 0.4) is 0 Å². The number of likely N-dealkylation sites (tertiary alicyclic amines) is 1. The first kappa shape index (κ1) is 21.2. The molecule has 1 atom stereocenters. The lowest BCUT2D eigenvalue weighted by Gasteiger charge is -2.16. The van der Waals surface area contributed by atoms with Gasteiger partial charge in [0.2, 0.25) is 0 Å². The van der Waals surface area contributed by atoms with E-state index in [0.717, 1.165) is 35.0 Å². The van der Waals surface area contributed by atoms with Crippen molar-refractivity contribution in [2.45, 2.75) is 19.3 Å². The molecule has 2 heterocycles. The Kier molecular flexibility index (Phi) is 6.13. The molecule has 31 heavy (non-hydrogen) atoms. The smallest absolute Gasteiger partial charge is 0.265 e. The fourth-order valence-corrected chi connectivity index (χ4v) is 4.95. The summed E-state index contributed by atoms with van der Waals surface area (Å²) in [6, 6.07) is 13.8. The number of hydrogen-bond donors (Lipinski definition) is 0. The van der Waals surface area contributed by atoms with Gasteiger partial charge in [0.15, 0.2) is 11.5 Å². The van der Waals surface area contributed by atoms with E-state index >= 15 is 0 Å². The summed E-state index contributed by atoms with van der Waals surface area (Å²) in [4.78, 5) is 20.5. The third-order valence-electron chi connectivity index (χ3n) is 5.68. The molecule has 6 nitrogen and oxygen atoms in total. The lowest BCUT2D eigenvalue weighted by atomic mass is 9.98. The summed E-state index contributed by atoms with van der Waals surface area (Å²) >= 11 is 1.43. The van der Waals surface area contributed by atoms with Crippen molar-refractivity contribution in [2.75, 3.05) is 34.4 Å². The Morgan fingerprint density at radius 3 is 2.45 bits per heavy atom. The molecule has 4 rings (SSSR count). The van der Waals surface area contributed by atoms with Crippen molar-refractivity contribution in [3.05, 3.63) is 58.6 Å². The largest absolute Gasteiger partial charge is 0.497 e. The molecule has 162 valence electrons. The van der Waals surface area contributed by atoms with Crippen LogP contribution in [0, 0.1) is 6.92 Å². The summed E-state index contributed by atoms with van der Waals surface area (Å²) in [6.07, 6.45) is 0.957. The van der Waals surface area contributed by atoms with E-state index in [0.29, 0.717) is 28.8 Å². The first-order chi connectivity index (χ1) is 15.0. The highest BCUT2D eigenvalue weighted by atomic mass is 32.1. The van der Waals surface area contributed by atoms with Crippen LogP contribution in [-0.2, 0) is 0 Å². The normalized spacial score (nSPS) is 15.7. The molecule has 1 aliphatic rings. The zero-order valence-electron chi connectivity index (χ0n) is 18.2. The van der Waals surface area contributed by atoms with E-state index in [4.69, 9.17) is 14.2 Å². The molecule has 1 amide bonds. The third kappa shape index (κ3) is 4.23. The molecule has 1 aliphatic heterocycles. The van der Waals surface area contributed by atoms with E-state index in [1.165, 1.54) is 16.9 Å². The first-order valence-corrected chi connectivity index (χ1v) is 11.0. The van der Waals surface area contributed by atoms with Gasteiger partial charge in [0.05, 0.1) is 27.0 Å². The Labute approximate surface area is 186 Å². The van der Waals surface area contributed by atoms with Gasteiger partial charge in [-0.25, -0.2) is 4.98 Å². The maximum atomic E-state index is 13.2. The molecule has 2 aromatic carbocycles. The SMILES string of the molecule is COc1ccc(C2CCN(C(=O)c3sc(-c4ccc(OC)c(OC)c4)nc3C)C2)cc1. The number of thiazole rings is 1. The molecule has 0 bridgehead atoms. The van der Waals surface area contributed by atoms with E-state index in [1.807, 2.05) is 42.2 Å². The number of carbonyl (C=O) groups excluding carboxylic acids is 1. The molecular weight excluding hydrogens is 412 g/mol. The molecule has 1 aromatic heterocycles. The van der Waals surface area contributed by atoms with Gasteiger partial charge in [-0.1, -0.05) is 12.1 Å². The van der Waals surface area contributed by atoms with Crippen molar-refractivity contribution in [1.82, 2.24) is 9.88 Å². The minimum atomic E-state index is 0.0535. The lowest BCUT2D eigenvalue weighted by molar-refractivity contribution is 0.0794. The number of aryl methyl sites for hydroxylation is 1. The van der Waals surface area contributed by atoms with Gasteiger partial charge in [-0.15, -0.1) is 11.3 Å². The topological polar surface area (TPSA) is 60.9 Å². The van der Waals surface area contributed by atoms with Crippen LogP contribution in [0.25, 0.3) is 10.6 Å². The summed E-state index contributed by atoms with van der Waals surface area (Å²) < 4.78 is 16.0. The fourth-order valence-electron chi connectivity index (χ4n) is 3.92. The molecular formula is C24H26N2O4S. The van der Waals surface area contributed by atoms with Crippen LogP contribution in [0.4, 0.5) is 0 Å². The molecule has 0 aliphatic carbocycles. The Morgan fingerprint density at radius 2 is 1.77 bits per heavy atom. The van der Waals surface area contributed by atoms with Gasteiger partial charge < -0.3 is 19.1 Å². The van der Waals surface area contributed by atoms with E-state index in [1.54, 1.807) is 21.3 Å². The number of ether oxygens (including phenoxy) is 3. The average Bonchev–Trinajstić information content (AvgIpc) is 3.45. The van der Waals surface area contributed by atoms with Gasteiger partial charge in [-0.05, 0) is 49.2 Å². The van der Waals surface area contributed by atoms with Crippen molar-refractivity contribution < 1.29 is 19.0 Å². The number of benzene rings is 2. The molecule has 1 unspecified atom stereocenters. The maximum absolute atomic E-state index is 13.2. The lowest BCUT2D eigenvalue weighted by Crippen LogP contribution is -2.28. The van der Waals surface area contributed by atoms with Crippen molar-refractivity contribution in [3.63, 3.8) is 0 Å². The summed E-state index contributed by atoms with van der Waals surface area (Å²) in [5.74, 6) is 2.55. The zero-order chi connectivity index (χ0) is 22.0. The monoisotopic (exact) mass is 438 g/mol. The Bertz CT molecular complexity index is 1080. The highest BCUT2D eigenvalue weighted by molar-refractivity contribution is 7.17. The molecule has 3 aromatic rings. The van der Waals surface area contributed by atoms with Crippen LogP contribution < -0.4 is 14.2 Å². The Hall–Kier alpha value is -3.06. The van der Waals surface area contributed by atoms with Crippen molar-refractivity contribution in [2.24, 2.45) is 0 Å². The van der Waals surface area contributed by atoms with Crippen molar-refractivity contribution >= 4 is 17.2 Å². The van der Waals surface area contributed by atoms with E-state index in [2.05, 4.69) is 17.1 Å². The van der Waals surface area contributed by atoms with Crippen LogP contribution in [0.5, 0.6) is 17.2 Å². The van der Waals surface area contributed by atoms with Crippen LogP contribution >= 0.6 is 11.3 Å². The third-order valence-corrected chi connectivity index (χ3v) is 6.88. The van der Waals surface area contributed by atoms with E-state index in [9.17, 15) is 4.79 Å². The van der Waals surface area contributed by atoms with Crippen molar-refractivity contribution in [3.8, 4) is 27.8 Å². The van der Waals surface area contributed by atoms with Gasteiger partial charge in [0.1, 0.15) is 15.6 Å². The van der Waals surface area contributed by atoms with Gasteiger partial charge in [0, 0.05) is 24.6 Å². The van der Waals surface area contributed by atoms with Gasteiger partial charge in [-0.3, -0.25) is 4.79 Å². The van der Waals surface area contributed by atoms with Gasteiger partial charge in [-0.2, -0.15) is 0 Å². The molecule has 0 radical (unpaired) electrons. The minimum absolute atomic E-state index is 0.0535. The molecule has 1 fully saturated rings. The Morgan fingerprint density at radius 1 is 1.03 bits per heavy atom. The first-order valence-electron chi connectivity index (χ1n) is 10.2. The van der Waals surface area contributed by atoms with E-state index < -0.39 is 0 Å². The number of rotatable bonds is 6. The molecule has 0 spiro atoms. The van der Waals surface area contributed by atoms with Gasteiger partial charge in [0.25, 0.3) is 5.91 Å². The highest BCUT2D eigenvalue weighted by Gasteiger charge is 2.30. The molecule has 1 saturated heterocycles. The minimum Gasteiger partial charge on any atom is -0.497 e. The highest BCUT2D eigenvalue weighted by Crippen LogP contribution is 2.36. The Balaban J connectivity index is 1.51.